The highest BCUT2D eigenvalue weighted by Crippen LogP contribution is 2.23. The number of thiazole rings is 1. The molecule has 29 heavy (non-hydrogen) atoms. The summed E-state index contributed by atoms with van der Waals surface area (Å²) < 4.78 is 0. The van der Waals surface area contributed by atoms with Crippen LogP contribution < -0.4 is 5.56 Å². The number of aromatic amines is 1. The van der Waals surface area contributed by atoms with Gasteiger partial charge in [0.1, 0.15) is 10.8 Å². The van der Waals surface area contributed by atoms with Crippen LogP contribution in [0.4, 0.5) is 0 Å². The quantitative estimate of drug-likeness (QED) is 0.529. The fraction of sp³-hybridized carbons (Fsp3) is 0.182. The molecular formula is C22H21N5OS. The minimum Gasteiger partial charge on any atom is -0.306 e. The van der Waals surface area contributed by atoms with Crippen LogP contribution >= 0.6 is 11.3 Å². The van der Waals surface area contributed by atoms with Gasteiger partial charge in [-0.3, -0.25) is 14.7 Å². The number of benzene rings is 1. The van der Waals surface area contributed by atoms with Gasteiger partial charge in [-0.1, -0.05) is 30.3 Å². The lowest BCUT2D eigenvalue weighted by Crippen LogP contribution is -2.18. The Morgan fingerprint density at radius 2 is 1.86 bits per heavy atom. The standard InChI is InChI=1S/C22H21N5OS/c1-15-14-29-21(24-15)13-27(2)12-16-7-3-4-8-17(16)22-25-19(11-20(28)26-22)18-9-5-6-10-23-18/h3-11,14H,12-13H2,1-2H3,(H,25,26,28). The van der Waals surface area contributed by atoms with E-state index in [0.717, 1.165) is 28.4 Å². The Balaban J connectivity index is 1.64. The van der Waals surface area contributed by atoms with Crippen molar-refractivity contribution >= 4 is 11.3 Å². The predicted octanol–water partition coefficient (Wildman–Crippen LogP) is 3.90. The average Bonchev–Trinajstić information content (AvgIpc) is 3.13. The fourth-order valence-corrected chi connectivity index (χ4v) is 4.02. The van der Waals surface area contributed by atoms with Gasteiger partial charge in [0.15, 0.2) is 0 Å². The van der Waals surface area contributed by atoms with Crippen molar-refractivity contribution in [1.82, 2.24) is 24.8 Å². The van der Waals surface area contributed by atoms with Gasteiger partial charge in [0.2, 0.25) is 0 Å². The van der Waals surface area contributed by atoms with E-state index in [-0.39, 0.29) is 5.56 Å². The maximum absolute atomic E-state index is 12.3. The lowest BCUT2D eigenvalue weighted by Gasteiger charge is -2.17. The number of hydrogen-bond acceptors (Lipinski definition) is 6. The van der Waals surface area contributed by atoms with Crippen LogP contribution in [0.5, 0.6) is 0 Å². The molecule has 146 valence electrons. The molecule has 0 atom stereocenters. The highest BCUT2D eigenvalue weighted by atomic mass is 32.1. The van der Waals surface area contributed by atoms with Crippen molar-refractivity contribution in [2.24, 2.45) is 0 Å². The van der Waals surface area contributed by atoms with Gasteiger partial charge in [-0.2, -0.15) is 0 Å². The van der Waals surface area contributed by atoms with E-state index >= 15 is 0 Å². The highest BCUT2D eigenvalue weighted by Gasteiger charge is 2.13. The topological polar surface area (TPSA) is 74.8 Å². The van der Waals surface area contributed by atoms with Crippen LogP contribution in [0.15, 0.2) is 64.9 Å². The number of aromatic nitrogens is 4. The van der Waals surface area contributed by atoms with Crippen molar-refractivity contribution in [3.63, 3.8) is 0 Å². The summed E-state index contributed by atoms with van der Waals surface area (Å²) in [5.74, 6) is 0.548. The molecule has 0 fully saturated rings. The van der Waals surface area contributed by atoms with Gasteiger partial charge < -0.3 is 4.98 Å². The zero-order valence-electron chi connectivity index (χ0n) is 16.3. The van der Waals surface area contributed by atoms with E-state index in [2.05, 4.69) is 43.3 Å². The van der Waals surface area contributed by atoms with E-state index in [1.807, 2.05) is 43.3 Å². The lowest BCUT2D eigenvalue weighted by molar-refractivity contribution is 0.319. The molecule has 0 spiro atoms. The molecule has 3 heterocycles. The number of hydrogen-bond donors (Lipinski definition) is 1. The second kappa shape index (κ2) is 8.46. The molecule has 0 radical (unpaired) electrons. The molecule has 0 aliphatic heterocycles. The summed E-state index contributed by atoms with van der Waals surface area (Å²) in [7, 11) is 2.06. The van der Waals surface area contributed by atoms with Crippen LogP contribution in [-0.4, -0.2) is 31.9 Å². The number of rotatable bonds is 6. The first-order chi connectivity index (χ1) is 14.1. The number of aryl methyl sites for hydroxylation is 1. The molecule has 0 saturated carbocycles. The third kappa shape index (κ3) is 4.64. The third-order valence-electron chi connectivity index (χ3n) is 4.45. The Bertz CT molecular complexity index is 1170. The molecule has 0 bridgehead atoms. The molecule has 0 aliphatic carbocycles. The first-order valence-corrected chi connectivity index (χ1v) is 10.2. The molecule has 7 heteroatoms. The maximum Gasteiger partial charge on any atom is 0.251 e. The summed E-state index contributed by atoms with van der Waals surface area (Å²) in [5, 5.41) is 3.15. The molecule has 1 aromatic carbocycles. The second-order valence-corrected chi connectivity index (χ2v) is 7.85. The Morgan fingerprint density at radius 1 is 1.03 bits per heavy atom. The SMILES string of the molecule is Cc1csc(CN(C)Cc2ccccc2-c2nc(-c3ccccn3)cc(=O)[nH]2)n1. The van der Waals surface area contributed by atoms with Gasteiger partial charge in [0.05, 0.1) is 17.9 Å². The van der Waals surface area contributed by atoms with Crippen molar-refractivity contribution < 1.29 is 0 Å². The van der Waals surface area contributed by atoms with Crippen molar-refractivity contribution in [2.75, 3.05) is 7.05 Å². The van der Waals surface area contributed by atoms with Gasteiger partial charge in [-0.25, -0.2) is 9.97 Å². The zero-order chi connectivity index (χ0) is 20.2. The largest absolute Gasteiger partial charge is 0.306 e. The number of nitrogens with one attached hydrogen (secondary N) is 1. The van der Waals surface area contributed by atoms with Gasteiger partial charge in [-0.05, 0) is 31.7 Å². The number of pyridine rings is 1. The molecule has 0 saturated heterocycles. The summed E-state index contributed by atoms with van der Waals surface area (Å²) in [6.07, 6.45) is 1.70. The van der Waals surface area contributed by atoms with Crippen LogP contribution in [0.3, 0.4) is 0 Å². The van der Waals surface area contributed by atoms with Crippen LogP contribution in [0.2, 0.25) is 0 Å². The zero-order valence-corrected chi connectivity index (χ0v) is 17.1. The third-order valence-corrected chi connectivity index (χ3v) is 5.40. The number of H-pyrrole nitrogens is 1. The van der Waals surface area contributed by atoms with Crippen molar-refractivity contribution in [2.45, 2.75) is 20.0 Å². The first-order valence-electron chi connectivity index (χ1n) is 9.29. The molecular weight excluding hydrogens is 382 g/mol. The van der Waals surface area contributed by atoms with E-state index in [0.29, 0.717) is 23.8 Å². The molecule has 6 nitrogen and oxygen atoms in total. The van der Waals surface area contributed by atoms with E-state index in [9.17, 15) is 4.79 Å². The molecule has 3 aromatic heterocycles. The van der Waals surface area contributed by atoms with Gasteiger partial charge >= 0.3 is 0 Å². The molecule has 0 unspecified atom stereocenters. The van der Waals surface area contributed by atoms with Crippen LogP contribution in [0, 0.1) is 6.92 Å². The average molecular weight is 404 g/mol. The summed E-state index contributed by atoms with van der Waals surface area (Å²) in [6, 6.07) is 15.0. The van der Waals surface area contributed by atoms with Gasteiger partial charge in [0, 0.05) is 35.4 Å². The molecule has 0 aliphatic rings. The highest BCUT2D eigenvalue weighted by molar-refractivity contribution is 7.09. The Labute approximate surface area is 173 Å². The van der Waals surface area contributed by atoms with Crippen LogP contribution in [0.1, 0.15) is 16.3 Å². The normalized spacial score (nSPS) is 11.1. The van der Waals surface area contributed by atoms with Crippen molar-refractivity contribution in [3.05, 3.63) is 86.7 Å². The summed E-state index contributed by atoms with van der Waals surface area (Å²) in [5.41, 5.74) is 4.08. The van der Waals surface area contributed by atoms with E-state index < -0.39 is 0 Å². The Morgan fingerprint density at radius 3 is 2.62 bits per heavy atom. The maximum atomic E-state index is 12.3. The van der Waals surface area contributed by atoms with E-state index in [1.54, 1.807) is 17.5 Å². The summed E-state index contributed by atoms with van der Waals surface area (Å²) in [4.78, 5) is 30.9. The first kappa shape index (κ1) is 19.2. The lowest BCUT2D eigenvalue weighted by atomic mass is 10.1. The molecule has 0 amide bonds. The Kier molecular flexibility index (Phi) is 5.59. The monoisotopic (exact) mass is 403 g/mol. The second-order valence-electron chi connectivity index (χ2n) is 6.91. The summed E-state index contributed by atoms with van der Waals surface area (Å²) >= 11 is 1.67. The molecule has 4 rings (SSSR count). The number of nitrogens with zero attached hydrogens (tertiary/aromatic N) is 4. The van der Waals surface area contributed by atoms with Gasteiger partial charge in [-0.15, -0.1) is 11.3 Å². The van der Waals surface area contributed by atoms with Crippen molar-refractivity contribution in [3.8, 4) is 22.8 Å². The minimum atomic E-state index is -0.197. The fourth-order valence-electron chi connectivity index (χ4n) is 3.17. The van der Waals surface area contributed by atoms with E-state index in [4.69, 9.17) is 0 Å². The molecule has 1 N–H and O–H groups in total. The predicted molar refractivity (Wildman–Crippen MR) is 116 cm³/mol. The van der Waals surface area contributed by atoms with E-state index in [1.165, 1.54) is 6.07 Å². The van der Waals surface area contributed by atoms with Crippen LogP contribution in [-0.2, 0) is 13.1 Å². The smallest absolute Gasteiger partial charge is 0.251 e. The minimum absolute atomic E-state index is 0.197. The van der Waals surface area contributed by atoms with Gasteiger partial charge in [0.25, 0.3) is 5.56 Å². The summed E-state index contributed by atoms with van der Waals surface area (Å²) in [6.45, 7) is 3.49. The van der Waals surface area contributed by atoms with Crippen molar-refractivity contribution in [1.29, 1.82) is 0 Å². The van der Waals surface area contributed by atoms with Crippen LogP contribution in [0.25, 0.3) is 22.8 Å². The molecule has 4 aromatic rings. The Hall–Kier alpha value is -3.16.